The van der Waals surface area contributed by atoms with E-state index in [1.54, 1.807) is 0 Å². The maximum atomic E-state index is 6.05. The van der Waals surface area contributed by atoms with Crippen LogP contribution in [-0.2, 0) is 4.74 Å². The Morgan fingerprint density at radius 3 is 2.89 bits per heavy atom. The lowest BCUT2D eigenvalue weighted by molar-refractivity contribution is -0.0653. The summed E-state index contributed by atoms with van der Waals surface area (Å²) >= 11 is 0. The van der Waals surface area contributed by atoms with Crippen LogP contribution in [-0.4, -0.2) is 36.7 Å². The molecule has 1 aromatic rings. The summed E-state index contributed by atoms with van der Waals surface area (Å²) in [5.74, 6) is 5.76. The SMILES string of the molecule is Cc1ccc(C(NN)C2CN3CCCC3CO2)cc1. The highest BCUT2D eigenvalue weighted by molar-refractivity contribution is 5.25. The summed E-state index contributed by atoms with van der Waals surface area (Å²) in [4.78, 5) is 2.55. The number of fused-ring (bicyclic) bond motifs is 1. The van der Waals surface area contributed by atoms with E-state index < -0.39 is 0 Å². The van der Waals surface area contributed by atoms with Crippen molar-refractivity contribution in [3.63, 3.8) is 0 Å². The van der Waals surface area contributed by atoms with Crippen LogP contribution in [0.1, 0.15) is 30.0 Å². The molecule has 0 aliphatic carbocycles. The van der Waals surface area contributed by atoms with Crippen molar-refractivity contribution in [2.24, 2.45) is 5.84 Å². The molecular formula is C15H23N3O. The average Bonchev–Trinajstić information content (AvgIpc) is 2.89. The van der Waals surface area contributed by atoms with E-state index in [9.17, 15) is 0 Å². The number of nitrogens with zero attached hydrogens (tertiary/aromatic N) is 1. The number of hydrazine groups is 1. The molecule has 3 rings (SSSR count). The van der Waals surface area contributed by atoms with Crippen LogP contribution in [0, 0.1) is 6.92 Å². The molecule has 104 valence electrons. The Kier molecular flexibility index (Phi) is 3.84. The van der Waals surface area contributed by atoms with Crippen LogP contribution in [0.3, 0.4) is 0 Å². The molecule has 0 amide bonds. The van der Waals surface area contributed by atoms with Crippen molar-refractivity contribution < 1.29 is 4.74 Å². The molecule has 0 saturated carbocycles. The van der Waals surface area contributed by atoms with Crippen LogP contribution >= 0.6 is 0 Å². The Morgan fingerprint density at radius 1 is 1.37 bits per heavy atom. The first-order valence-electron chi connectivity index (χ1n) is 7.16. The number of benzene rings is 1. The Labute approximate surface area is 114 Å². The van der Waals surface area contributed by atoms with Crippen LogP contribution in [0.4, 0.5) is 0 Å². The van der Waals surface area contributed by atoms with Crippen molar-refractivity contribution in [3.05, 3.63) is 35.4 Å². The highest BCUT2D eigenvalue weighted by Gasteiger charge is 2.35. The normalized spacial score (nSPS) is 29.2. The minimum absolute atomic E-state index is 0.0714. The monoisotopic (exact) mass is 261 g/mol. The van der Waals surface area contributed by atoms with Crippen molar-refractivity contribution in [1.29, 1.82) is 0 Å². The Hall–Kier alpha value is -0.940. The van der Waals surface area contributed by atoms with Gasteiger partial charge in [-0.3, -0.25) is 16.2 Å². The lowest BCUT2D eigenvalue weighted by Gasteiger charge is -2.38. The van der Waals surface area contributed by atoms with Gasteiger partial charge in [-0.1, -0.05) is 29.8 Å². The predicted octanol–water partition coefficient (Wildman–Crippen LogP) is 1.36. The molecule has 0 aromatic heterocycles. The number of hydrogen-bond donors (Lipinski definition) is 2. The third kappa shape index (κ3) is 2.67. The van der Waals surface area contributed by atoms with Crippen molar-refractivity contribution in [1.82, 2.24) is 10.3 Å². The molecule has 2 aliphatic heterocycles. The van der Waals surface area contributed by atoms with Gasteiger partial charge in [0.2, 0.25) is 0 Å². The fraction of sp³-hybridized carbons (Fsp3) is 0.600. The average molecular weight is 261 g/mol. The van der Waals surface area contributed by atoms with Crippen molar-refractivity contribution >= 4 is 0 Å². The van der Waals surface area contributed by atoms with Gasteiger partial charge in [-0.15, -0.1) is 0 Å². The van der Waals surface area contributed by atoms with Gasteiger partial charge < -0.3 is 4.74 Å². The van der Waals surface area contributed by atoms with Gasteiger partial charge in [0.25, 0.3) is 0 Å². The van der Waals surface area contributed by atoms with Gasteiger partial charge in [0.15, 0.2) is 0 Å². The molecule has 0 spiro atoms. The van der Waals surface area contributed by atoms with Crippen LogP contribution in [0.5, 0.6) is 0 Å². The van der Waals surface area contributed by atoms with Crippen molar-refractivity contribution in [2.45, 2.75) is 38.0 Å². The first-order chi connectivity index (χ1) is 9.28. The number of ether oxygens (including phenoxy) is 1. The van der Waals surface area contributed by atoms with Crippen LogP contribution in [0.25, 0.3) is 0 Å². The van der Waals surface area contributed by atoms with E-state index in [2.05, 4.69) is 41.5 Å². The van der Waals surface area contributed by atoms with E-state index in [0.29, 0.717) is 6.04 Å². The molecule has 2 aliphatic rings. The maximum absolute atomic E-state index is 6.05. The molecule has 2 heterocycles. The smallest absolute Gasteiger partial charge is 0.0910 e. The van der Waals surface area contributed by atoms with Gasteiger partial charge >= 0.3 is 0 Å². The fourth-order valence-electron chi connectivity index (χ4n) is 3.24. The Morgan fingerprint density at radius 2 is 2.16 bits per heavy atom. The molecule has 4 heteroatoms. The fourth-order valence-corrected chi connectivity index (χ4v) is 3.24. The highest BCUT2D eigenvalue weighted by atomic mass is 16.5. The standard InChI is InChI=1S/C15H23N3O/c1-11-4-6-12(7-5-11)15(17-16)14-9-18-8-2-3-13(18)10-19-14/h4-7,13-15,17H,2-3,8-10,16H2,1H3. The molecule has 3 atom stereocenters. The molecular weight excluding hydrogens is 238 g/mol. The zero-order valence-electron chi connectivity index (χ0n) is 11.5. The van der Waals surface area contributed by atoms with E-state index in [0.717, 1.165) is 13.2 Å². The van der Waals surface area contributed by atoms with Gasteiger partial charge in [-0.05, 0) is 31.9 Å². The van der Waals surface area contributed by atoms with Crippen LogP contribution in [0.15, 0.2) is 24.3 Å². The number of rotatable bonds is 3. The summed E-state index contributed by atoms with van der Waals surface area (Å²) in [7, 11) is 0. The Balaban J connectivity index is 1.73. The molecule has 3 N–H and O–H groups in total. The highest BCUT2D eigenvalue weighted by Crippen LogP contribution is 2.28. The van der Waals surface area contributed by atoms with E-state index in [1.165, 1.54) is 30.5 Å². The quantitative estimate of drug-likeness (QED) is 0.637. The number of nitrogens with two attached hydrogens (primary N) is 1. The first-order valence-corrected chi connectivity index (χ1v) is 7.16. The lowest BCUT2D eigenvalue weighted by Crippen LogP contribution is -2.51. The van der Waals surface area contributed by atoms with E-state index in [-0.39, 0.29) is 12.1 Å². The second-order valence-corrected chi connectivity index (χ2v) is 5.72. The molecule has 4 nitrogen and oxygen atoms in total. The summed E-state index contributed by atoms with van der Waals surface area (Å²) in [6, 6.07) is 9.23. The van der Waals surface area contributed by atoms with Gasteiger partial charge in [-0.2, -0.15) is 0 Å². The predicted molar refractivity (Wildman–Crippen MR) is 75.6 cm³/mol. The summed E-state index contributed by atoms with van der Waals surface area (Å²) in [6.07, 6.45) is 2.71. The minimum Gasteiger partial charge on any atom is -0.373 e. The lowest BCUT2D eigenvalue weighted by atomic mass is 9.99. The van der Waals surface area contributed by atoms with Gasteiger partial charge in [0, 0.05) is 12.6 Å². The molecule has 0 radical (unpaired) electrons. The molecule has 2 saturated heterocycles. The van der Waals surface area contributed by atoms with E-state index in [4.69, 9.17) is 10.6 Å². The summed E-state index contributed by atoms with van der Waals surface area (Å²) in [5.41, 5.74) is 5.41. The number of aryl methyl sites for hydroxylation is 1. The molecule has 0 bridgehead atoms. The van der Waals surface area contributed by atoms with Crippen LogP contribution < -0.4 is 11.3 Å². The van der Waals surface area contributed by atoms with E-state index >= 15 is 0 Å². The van der Waals surface area contributed by atoms with Gasteiger partial charge in [-0.25, -0.2) is 0 Å². The zero-order valence-corrected chi connectivity index (χ0v) is 11.5. The second kappa shape index (κ2) is 5.59. The molecule has 3 unspecified atom stereocenters. The maximum Gasteiger partial charge on any atom is 0.0910 e. The third-order valence-electron chi connectivity index (χ3n) is 4.40. The van der Waals surface area contributed by atoms with Crippen LogP contribution in [0.2, 0.25) is 0 Å². The summed E-state index contributed by atoms with van der Waals surface area (Å²) in [5, 5.41) is 0. The Bertz CT molecular complexity index is 420. The number of nitrogens with one attached hydrogen (secondary N) is 1. The molecule has 19 heavy (non-hydrogen) atoms. The summed E-state index contributed by atoms with van der Waals surface area (Å²) < 4.78 is 6.05. The second-order valence-electron chi connectivity index (χ2n) is 5.72. The topological polar surface area (TPSA) is 50.5 Å². The summed E-state index contributed by atoms with van der Waals surface area (Å²) in [6.45, 7) is 5.12. The van der Waals surface area contributed by atoms with Crippen molar-refractivity contribution in [2.75, 3.05) is 19.7 Å². The zero-order chi connectivity index (χ0) is 13.2. The molecule has 1 aromatic carbocycles. The molecule has 2 fully saturated rings. The van der Waals surface area contributed by atoms with Gasteiger partial charge in [0.05, 0.1) is 18.8 Å². The van der Waals surface area contributed by atoms with Crippen molar-refractivity contribution in [3.8, 4) is 0 Å². The number of hydrogen-bond acceptors (Lipinski definition) is 4. The largest absolute Gasteiger partial charge is 0.373 e. The minimum atomic E-state index is 0.0714. The van der Waals surface area contributed by atoms with Gasteiger partial charge in [0.1, 0.15) is 0 Å². The first kappa shape index (κ1) is 13.1. The number of morpholine rings is 1. The van der Waals surface area contributed by atoms with E-state index in [1.807, 2.05) is 0 Å². The third-order valence-corrected chi connectivity index (χ3v) is 4.40.